The van der Waals surface area contributed by atoms with Gasteiger partial charge < -0.3 is 4.52 Å². The summed E-state index contributed by atoms with van der Waals surface area (Å²) < 4.78 is 7.10. The van der Waals surface area contributed by atoms with Crippen molar-refractivity contribution in [2.24, 2.45) is 4.99 Å². The average molecular weight is 306 g/mol. The molecule has 3 rings (SSSR count). The molecule has 7 heteroatoms. The highest BCUT2D eigenvalue weighted by Gasteiger charge is 2.34. The fourth-order valence-electron chi connectivity index (χ4n) is 2.65. The molecule has 0 unspecified atom stereocenters. The van der Waals surface area contributed by atoms with Gasteiger partial charge in [-0.1, -0.05) is 16.9 Å². The molecule has 0 aliphatic carbocycles. The Kier molecular flexibility index (Phi) is 3.32. The van der Waals surface area contributed by atoms with Gasteiger partial charge in [0.05, 0.1) is 21.6 Å². The number of fused-ring (bicyclic) bond motifs is 1. The molecule has 1 atom stereocenters. The van der Waals surface area contributed by atoms with Gasteiger partial charge in [-0.2, -0.15) is 0 Å². The van der Waals surface area contributed by atoms with Crippen molar-refractivity contribution in [1.29, 1.82) is 0 Å². The van der Waals surface area contributed by atoms with E-state index in [1.165, 1.54) is 0 Å². The Hall–Kier alpha value is -1.76. The highest BCUT2D eigenvalue weighted by atomic mass is 32.2. The molecule has 2 aromatic heterocycles. The van der Waals surface area contributed by atoms with Crippen LogP contribution in [0.4, 0.5) is 5.82 Å². The molecule has 0 fully saturated rings. The van der Waals surface area contributed by atoms with Crippen molar-refractivity contribution in [1.82, 2.24) is 14.9 Å². The zero-order valence-corrected chi connectivity index (χ0v) is 13.5. The molecule has 6 nitrogen and oxygen atoms in total. The lowest BCUT2D eigenvalue weighted by Gasteiger charge is -2.21. The Labute approximate surface area is 126 Å². The first-order chi connectivity index (χ1) is 9.90. The van der Waals surface area contributed by atoms with Crippen LogP contribution in [0.3, 0.4) is 0 Å². The van der Waals surface area contributed by atoms with Crippen LogP contribution in [0.25, 0.3) is 0 Å². The van der Waals surface area contributed by atoms with Gasteiger partial charge >= 0.3 is 0 Å². The maximum atomic E-state index is 12.4. The number of aromatic nitrogens is 3. The summed E-state index contributed by atoms with van der Waals surface area (Å²) in [5.74, 6) is 1.47. The van der Waals surface area contributed by atoms with Crippen LogP contribution in [-0.2, 0) is 0 Å². The first kappa shape index (κ1) is 14.2. The van der Waals surface area contributed by atoms with Gasteiger partial charge in [-0.25, -0.2) is 4.99 Å². The van der Waals surface area contributed by atoms with E-state index in [2.05, 4.69) is 15.2 Å². The Bertz CT molecular complexity index is 762. The quantitative estimate of drug-likeness (QED) is 0.924. The van der Waals surface area contributed by atoms with E-state index in [1.807, 2.05) is 39.3 Å². The van der Waals surface area contributed by atoms with Crippen LogP contribution in [-0.4, -0.2) is 20.0 Å². The lowest BCUT2D eigenvalue weighted by Crippen LogP contribution is -2.14. The van der Waals surface area contributed by atoms with Crippen molar-refractivity contribution in [2.75, 3.05) is 0 Å². The Morgan fingerprint density at radius 1 is 1.29 bits per heavy atom. The molecule has 0 spiro atoms. The lowest BCUT2D eigenvalue weighted by atomic mass is 10.0. The summed E-state index contributed by atoms with van der Waals surface area (Å²) >= 11 is 1.57. The molecule has 3 heterocycles. The van der Waals surface area contributed by atoms with Crippen LogP contribution in [0.2, 0.25) is 0 Å². The van der Waals surface area contributed by atoms with Crippen LogP contribution in [0.15, 0.2) is 14.3 Å². The molecule has 0 radical (unpaired) electrons. The summed E-state index contributed by atoms with van der Waals surface area (Å²) in [5, 5.41) is 7.72. The number of rotatable bonds is 2. The molecule has 0 bridgehead atoms. The number of thioether (sulfide) groups is 1. The Morgan fingerprint density at radius 3 is 2.57 bits per heavy atom. The van der Waals surface area contributed by atoms with Gasteiger partial charge in [0.25, 0.3) is 5.56 Å². The first-order valence-corrected chi connectivity index (χ1v) is 7.77. The van der Waals surface area contributed by atoms with Crippen LogP contribution < -0.4 is 5.56 Å². The van der Waals surface area contributed by atoms with E-state index in [4.69, 9.17) is 4.52 Å². The normalized spacial score (nSPS) is 18.0. The van der Waals surface area contributed by atoms with Crippen LogP contribution in [0.5, 0.6) is 0 Å². The summed E-state index contributed by atoms with van der Waals surface area (Å²) in [6.45, 7) is 9.79. The third-order valence-electron chi connectivity index (χ3n) is 3.62. The van der Waals surface area contributed by atoms with E-state index in [-0.39, 0.29) is 16.9 Å². The average Bonchev–Trinajstić information content (AvgIpc) is 2.90. The summed E-state index contributed by atoms with van der Waals surface area (Å²) in [5.41, 5.74) is 2.39. The molecule has 1 aliphatic heterocycles. The highest BCUT2D eigenvalue weighted by molar-refractivity contribution is 8.14. The number of nitrogens with one attached hydrogen (secondary N) is 1. The fraction of sp³-hybridized carbons (Fsp3) is 0.500. The van der Waals surface area contributed by atoms with E-state index in [1.54, 1.807) is 11.8 Å². The molecule has 0 amide bonds. The van der Waals surface area contributed by atoms with Gasteiger partial charge in [-0.15, -0.1) is 0 Å². The third kappa shape index (κ3) is 2.16. The topological polar surface area (TPSA) is 76.2 Å². The van der Waals surface area contributed by atoms with Crippen LogP contribution in [0, 0.1) is 13.8 Å². The molecule has 0 aromatic carbocycles. The zero-order valence-electron chi connectivity index (χ0n) is 12.7. The number of aromatic amines is 1. The Balaban J connectivity index is 2.26. The van der Waals surface area contributed by atoms with Crippen molar-refractivity contribution >= 4 is 22.6 Å². The van der Waals surface area contributed by atoms with Gasteiger partial charge in [0, 0.05) is 11.6 Å². The second-order valence-corrected chi connectivity index (χ2v) is 6.81. The van der Waals surface area contributed by atoms with E-state index < -0.39 is 0 Å². The van der Waals surface area contributed by atoms with Gasteiger partial charge in [0.15, 0.2) is 5.82 Å². The summed E-state index contributed by atoms with van der Waals surface area (Å²) in [4.78, 5) is 17.0. The van der Waals surface area contributed by atoms with Gasteiger partial charge in [0.2, 0.25) is 0 Å². The molecule has 112 valence electrons. The second-order valence-electron chi connectivity index (χ2n) is 5.51. The second kappa shape index (κ2) is 4.91. The predicted octanol–water partition coefficient (Wildman–Crippen LogP) is 3.25. The predicted molar refractivity (Wildman–Crippen MR) is 83.6 cm³/mol. The smallest absolute Gasteiger partial charge is 0.271 e. The SMILES string of the molecule is CC1=Nc2c(c(=O)[nH]n2C(C)C)[C@@H](c2c(C)noc2C)S1. The molecule has 0 saturated carbocycles. The first-order valence-electron chi connectivity index (χ1n) is 6.89. The molecule has 1 N–H and O–H groups in total. The van der Waals surface area contributed by atoms with Gasteiger partial charge in [-0.05, 0) is 34.6 Å². The van der Waals surface area contributed by atoms with Crippen molar-refractivity contribution in [2.45, 2.75) is 45.9 Å². The van der Waals surface area contributed by atoms with Crippen molar-refractivity contribution < 1.29 is 4.52 Å². The van der Waals surface area contributed by atoms with E-state index in [0.29, 0.717) is 5.56 Å². The molecule has 21 heavy (non-hydrogen) atoms. The minimum atomic E-state index is -0.118. The van der Waals surface area contributed by atoms with Crippen molar-refractivity contribution in [3.8, 4) is 0 Å². The maximum Gasteiger partial charge on any atom is 0.271 e. The lowest BCUT2D eigenvalue weighted by molar-refractivity contribution is 0.392. The molecule has 2 aromatic rings. The number of aryl methyl sites for hydroxylation is 2. The summed E-state index contributed by atoms with van der Waals surface area (Å²) in [6.07, 6.45) is 0. The Morgan fingerprint density at radius 2 is 2.00 bits per heavy atom. The molecular formula is C14H18N4O2S. The standard InChI is InChI=1S/C14H18N4O2S/c1-6(2)18-13-11(14(19)16-18)12(21-9(5)15-13)10-7(3)17-20-8(10)4/h6,12H,1-5H3,(H,16,19)/t12-/m1/s1. The van der Waals surface area contributed by atoms with E-state index >= 15 is 0 Å². The zero-order chi connectivity index (χ0) is 15.3. The largest absolute Gasteiger partial charge is 0.361 e. The third-order valence-corrected chi connectivity index (χ3v) is 4.76. The number of hydrogen-bond acceptors (Lipinski definition) is 5. The number of H-pyrrole nitrogens is 1. The van der Waals surface area contributed by atoms with Gasteiger partial charge in [0.1, 0.15) is 5.76 Å². The molecular weight excluding hydrogens is 288 g/mol. The summed E-state index contributed by atoms with van der Waals surface area (Å²) in [6, 6.07) is 0.145. The minimum absolute atomic E-state index is 0.0903. The van der Waals surface area contributed by atoms with Crippen molar-refractivity contribution in [3.63, 3.8) is 0 Å². The molecule has 0 saturated heterocycles. The molecule has 1 aliphatic rings. The van der Waals surface area contributed by atoms with Crippen molar-refractivity contribution in [3.05, 3.63) is 32.9 Å². The van der Waals surface area contributed by atoms with Crippen LogP contribution in [0.1, 0.15) is 54.6 Å². The number of aliphatic imine (C=N–C) groups is 1. The van der Waals surface area contributed by atoms with Gasteiger partial charge in [-0.3, -0.25) is 14.6 Å². The number of hydrogen-bond donors (Lipinski definition) is 1. The monoisotopic (exact) mass is 306 g/mol. The fourth-order valence-corrected chi connectivity index (χ4v) is 3.92. The number of nitrogens with zero attached hydrogens (tertiary/aromatic N) is 3. The van der Waals surface area contributed by atoms with E-state index in [9.17, 15) is 4.79 Å². The van der Waals surface area contributed by atoms with Crippen LogP contribution >= 0.6 is 11.8 Å². The highest BCUT2D eigenvalue weighted by Crippen LogP contribution is 2.45. The maximum absolute atomic E-state index is 12.4. The summed E-state index contributed by atoms with van der Waals surface area (Å²) in [7, 11) is 0. The minimum Gasteiger partial charge on any atom is -0.361 e. The van der Waals surface area contributed by atoms with E-state index in [0.717, 1.165) is 27.9 Å².